The third-order valence-electron chi connectivity index (χ3n) is 14.3. The van der Waals surface area contributed by atoms with Gasteiger partial charge in [0, 0.05) is 39.4 Å². The minimum Gasteiger partial charge on any atom is -0.458 e. The van der Waals surface area contributed by atoms with E-state index in [1.165, 1.54) is 0 Å². The number of aromatic nitrogens is 5. The smallest absolute Gasteiger partial charge is 0.269 e. The second-order valence-electron chi connectivity index (χ2n) is 19.8. The molecule has 10 aromatic carbocycles. The Bertz CT molecular complexity index is 4970. The fourth-order valence-corrected chi connectivity index (χ4v) is 10.9. The van der Waals surface area contributed by atoms with Crippen LogP contribution < -0.4 is 9.30 Å². The Morgan fingerprint density at radius 2 is 1.04 bits per heavy atom. The van der Waals surface area contributed by atoms with E-state index in [2.05, 4.69) is 103 Å². The van der Waals surface area contributed by atoms with Crippen molar-refractivity contribution in [3.05, 3.63) is 267 Å². The third kappa shape index (κ3) is 7.48. The van der Waals surface area contributed by atoms with E-state index in [0.717, 1.165) is 71.8 Å². The molecule has 4 aromatic heterocycles. The van der Waals surface area contributed by atoms with Gasteiger partial charge in [-0.2, -0.15) is 0 Å². The molecule has 76 heavy (non-hydrogen) atoms. The molecule has 0 saturated heterocycles. The highest BCUT2D eigenvalue weighted by Crippen LogP contribution is 2.42. The van der Waals surface area contributed by atoms with Gasteiger partial charge in [0.2, 0.25) is 0 Å². The van der Waals surface area contributed by atoms with Crippen molar-refractivity contribution in [3.63, 3.8) is 0 Å². The molecule has 0 aliphatic carbocycles. The lowest BCUT2D eigenvalue weighted by Crippen LogP contribution is -2.31. The van der Waals surface area contributed by atoms with Gasteiger partial charge in [0.1, 0.15) is 17.3 Å². The first-order valence-corrected chi connectivity index (χ1v) is 25.1. The van der Waals surface area contributed by atoms with Crippen molar-refractivity contribution >= 4 is 54.6 Å². The summed E-state index contributed by atoms with van der Waals surface area (Å²) in [6.45, 7) is 6.55. The van der Waals surface area contributed by atoms with Gasteiger partial charge in [0.25, 0.3) is 6.33 Å². The van der Waals surface area contributed by atoms with Crippen molar-refractivity contribution < 1.29 is 23.0 Å². The molecule has 362 valence electrons. The molecule has 0 unspecified atom stereocenters. The van der Waals surface area contributed by atoms with Crippen molar-refractivity contribution in [1.82, 2.24) is 18.7 Å². The van der Waals surface area contributed by atoms with E-state index < -0.39 is 60.4 Å². The second kappa shape index (κ2) is 18.0. The van der Waals surface area contributed by atoms with Crippen molar-refractivity contribution in [1.29, 1.82) is 0 Å². The predicted octanol–water partition coefficient (Wildman–Crippen LogP) is 17.4. The Hall–Kier alpha value is -9.78. The molecule has 0 spiro atoms. The van der Waals surface area contributed by atoms with Crippen LogP contribution >= 0.6 is 0 Å². The maximum Gasteiger partial charge on any atom is 0.269 e. The van der Waals surface area contributed by atoms with Crippen LogP contribution in [0.1, 0.15) is 40.0 Å². The van der Waals surface area contributed by atoms with Gasteiger partial charge in [-0.3, -0.25) is 13.7 Å². The standard InChI is InChI=1S/C70H51N5O/c1-70(2,3)49-41-42-71-67(43-49)75-64-37-17-12-29-57(64)59-40-39-52(45-66(59)75)76-51-26-18-25-50(44-51)72-46-73(68-53(47-21-6-4-7-22-47)31-19-32-54(68)48-23-8-5-9-24-48)65-38-20-33-60(69(65)72)58-30-13-16-36-63(58)74-61-34-14-10-27-55(61)56-28-11-15-35-62(56)74/h4-45H,1-3H3/i4D,5D,6D,7D,8D,9D,21D,22D,23D,24D. The molecule has 0 amide bonds. The van der Waals surface area contributed by atoms with Crippen molar-refractivity contribution in [2.24, 2.45) is 0 Å². The first-order valence-electron chi connectivity index (χ1n) is 30.1. The molecule has 0 atom stereocenters. The lowest BCUT2D eigenvalue weighted by atomic mass is 9.88. The predicted molar refractivity (Wildman–Crippen MR) is 312 cm³/mol. The minimum atomic E-state index is -0.582. The van der Waals surface area contributed by atoms with Crippen LogP contribution in [0.4, 0.5) is 0 Å². The molecule has 0 fully saturated rings. The van der Waals surface area contributed by atoms with Gasteiger partial charge < -0.3 is 9.30 Å². The number of imidazole rings is 1. The molecule has 0 N–H and O–H groups in total. The molecular weight excluding hydrogens is 927 g/mol. The van der Waals surface area contributed by atoms with E-state index in [0.29, 0.717) is 28.2 Å². The van der Waals surface area contributed by atoms with Crippen LogP contribution in [0.2, 0.25) is 0 Å². The van der Waals surface area contributed by atoms with Crippen molar-refractivity contribution in [3.8, 4) is 67.8 Å². The highest BCUT2D eigenvalue weighted by molar-refractivity contribution is 6.11. The molecule has 0 saturated carbocycles. The van der Waals surface area contributed by atoms with Crippen LogP contribution in [0.5, 0.6) is 11.5 Å². The number of rotatable bonds is 9. The largest absolute Gasteiger partial charge is 0.458 e. The average molecular weight is 988 g/mol. The first kappa shape index (κ1) is 35.4. The van der Waals surface area contributed by atoms with Crippen LogP contribution in [-0.4, -0.2) is 18.7 Å². The SMILES string of the molecule is [2H]c1c([2H])c([2H])c(-c2cccc(-c3c([2H])c([2H])c([2H])c([2H])c3[2H])c2-[n+]2[c-]n(-c3cccc(Oc4ccc5c6ccccc6n(-c6cc(C(C)(C)C)ccn6)c5c4)c3)c3c(-c4ccccc4-n4c5ccccc5c5ccccc54)cccc32)c([2H])c1[2H]. The Morgan fingerprint density at radius 3 is 1.71 bits per heavy atom. The number of pyridine rings is 1. The zero-order valence-electron chi connectivity index (χ0n) is 51.6. The number of fused-ring (bicyclic) bond motifs is 7. The summed E-state index contributed by atoms with van der Waals surface area (Å²) in [4.78, 5) is 4.89. The van der Waals surface area contributed by atoms with Gasteiger partial charge in [-0.05, 0) is 106 Å². The van der Waals surface area contributed by atoms with Gasteiger partial charge in [0.15, 0.2) is 0 Å². The highest BCUT2D eigenvalue weighted by atomic mass is 16.5. The van der Waals surface area contributed by atoms with Crippen LogP contribution in [0.25, 0.3) is 111 Å². The molecular formula is C70H51N5O. The van der Waals surface area contributed by atoms with E-state index in [-0.39, 0.29) is 33.4 Å². The van der Waals surface area contributed by atoms with Gasteiger partial charge in [0.05, 0.1) is 63.9 Å². The maximum atomic E-state index is 9.34. The number of nitrogens with zero attached hydrogens (tertiary/aromatic N) is 5. The monoisotopic (exact) mass is 987 g/mol. The zero-order chi connectivity index (χ0) is 59.6. The molecule has 4 heterocycles. The first-order chi connectivity index (χ1) is 41.5. The van der Waals surface area contributed by atoms with Crippen LogP contribution in [0.3, 0.4) is 0 Å². The highest BCUT2D eigenvalue weighted by Gasteiger charge is 2.25. The van der Waals surface area contributed by atoms with E-state index in [1.54, 1.807) is 22.8 Å². The van der Waals surface area contributed by atoms with Crippen molar-refractivity contribution in [2.75, 3.05) is 0 Å². The lowest BCUT2D eigenvalue weighted by Gasteiger charge is -2.20. The molecule has 6 heteroatoms. The van der Waals surface area contributed by atoms with Gasteiger partial charge >= 0.3 is 0 Å². The Labute approximate surface area is 455 Å². The summed E-state index contributed by atoms with van der Waals surface area (Å²) in [5.74, 6) is 1.84. The number of hydrogen-bond donors (Lipinski definition) is 0. The molecule has 0 aliphatic rings. The molecule has 0 radical (unpaired) electrons. The normalized spacial score (nSPS) is 13.7. The molecule has 0 bridgehead atoms. The van der Waals surface area contributed by atoms with Crippen molar-refractivity contribution in [2.45, 2.75) is 26.2 Å². The summed E-state index contributed by atoms with van der Waals surface area (Å²) in [6, 6.07) is 56.1. The maximum absolute atomic E-state index is 9.34. The van der Waals surface area contributed by atoms with Gasteiger partial charge in [-0.1, -0.05) is 196 Å². The van der Waals surface area contributed by atoms with Gasteiger partial charge in [-0.15, -0.1) is 0 Å². The van der Waals surface area contributed by atoms with E-state index in [1.807, 2.05) is 114 Å². The van der Waals surface area contributed by atoms with Crippen LogP contribution in [0, 0.1) is 6.33 Å². The summed E-state index contributed by atoms with van der Waals surface area (Å²) in [6.07, 6.45) is 5.50. The number of benzene rings is 10. The lowest BCUT2D eigenvalue weighted by molar-refractivity contribution is -0.571. The van der Waals surface area contributed by atoms with Crippen LogP contribution in [-0.2, 0) is 5.41 Å². The minimum absolute atomic E-state index is 0.117. The zero-order valence-corrected chi connectivity index (χ0v) is 41.6. The molecule has 6 nitrogen and oxygen atoms in total. The summed E-state index contributed by atoms with van der Waals surface area (Å²) in [5, 5.41) is 4.27. The summed E-state index contributed by atoms with van der Waals surface area (Å²) in [7, 11) is 0. The summed E-state index contributed by atoms with van der Waals surface area (Å²) < 4.78 is 105. The quantitative estimate of drug-likeness (QED) is 0.107. The van der Waals surface area contributed by atoms with E-state index in [4.69, 9.17) is 17.9 Å². The summed E-state index contributed by atoms with van der Waals surface area (Å²) >= 11 is 0. The fraction of sp³-hybridized carbons (Fsp3) is 0.0571. The molecule has 14 rings (SSSR count). The Balaban J connectivity index is 1.04. The number of ether oxygens (including phenoxy) is 1. The van der Waals surface area contributed by atoms with Crippen LogP contribution in [0.15, 0.2) is 255 Å². The van der Waals surface area contributed by atoms with Gasteiger partial charge in [-0.25, -0.2) is 4.98 Å². The molecule has 0 aliphatic heterocycles. The number of hydrogen-bond acceptors (Lipinski definition) is 2. The number of para-hydroxylation sites is 6. The summed E-state index contributed by atoms with van der Waals surface area (Å²) in [5.41, 5.74) is 9.25. The average Bonchev–Trinajstić information content (AvgIpc) is 1.64. The van der Waals surface area contributed by atoms with E-state index in [9.17, 15) is 5.48 Å². The second-order valence-corrected chi connectivity index (χ2v) is 19.8. The molecule has 14 aromatic rings. The third-order valence-corrected chi connectivity index (χ3v) is 14.3. The Kier molecular flexibility index (Phi) is 8.38. The van der Waals surface area contributed by atoms with E-state index >= 15 is 0 Å². The Morgan fingerprint density at radius 1 is 0.487 bits per heavy atom. The topological polar surface area (TPSA) is 40.8 Å². The fourth-order valence-electron chi connectivity index (χ4n) is 10.9.